The highest BCUT2D eigenvalue weighted by atomic mass is 32.2. The quantitative estimate of drug-likeness (QED) is 0.523. The van der Waals surface area contributed by atoms with Crippen LogP contribution in [0, 0.1) is 25.2 Å². The first-order chi connectivity index (χ1) is 14.5. The Morgan fingerprint density at radius 2 is 1.90 bits per heavy atom. The van der Waals surface area contributed by atoms with Gasteiger partial charge in [0.15, 0.2) is 0 Å². The molecule has 5 nitrogen and oxygen atoms in total. The molecule has 0 atom stereocenters. The second kappa shape index (κ2) is 9.95. The maximum atomic E-state index is 12.3. The van der Waals surface area contributed by atoms with Crippen LogP contribution >= 0.6 is 11.8 Å². The predicted octanol–water partition coefficient (Wildman–Crippen LogP) is 5.37. The molecule has 0 saturated carbocycles. The van der Waals surface area contributed by atoms with Crippen molar-refractivity contribution < 1.29 is 9.53 Å². The molecule has 0 bridgehead atoms. The van der Waals surface area contributed by atoms with Crippen LogP contribution in [0.25, 0.3) is 11.3 Å². The molecule has 0 aliphatic carbocycles. The number of nitriles is 1. The highest BCUT2D eigenvalue weighted by Crippen LogP contribution is 2.27. The van der Waals surface area contributed by atoms with Crippen LogP contribution in [0.3, 0.4) is 0 Å². The van der Waals surface area contributed by atoms with Crippen LogP contribution in [0.1, 0.15) is 23.1 Å². The Labute approximate surface area is 181 Å². The molecule has 2 aromatic carbocycles. The van der Waals surface area contributed by atoms with Gasteiger partial charge in [0.25, 0.3) is 0 Å². The minimum atomic E-state index is -0.0562. The molecule has 3 aromatic rings. The summed E-state index contributed by atoms with van der Waals surface area (Å²) in [4.78, 5) is 17.0. The van der Waals surface area contributed by atoms with Crippen LogP contribution in [-0.4, -0.2) is 23.8 Å². The van der Waals surface area contributed by atoms with Gasteiger partial charge in [0.2, 0.25) is 5.91 Å². The molecule has 3 rings (SSSR count). The molecule has 1 N–H and O–H groups in total. The molecule has 0 aliphatic rings. The molecule has 152 valence electrons. The van der Waals surface area contributed by atoms with Crippen molar-refractivity contribution >= 4 is 23.4 Å². The molecule has 0 fully saturated rings. The number of ether oxygens (including phenoxy) is 1. The van der Waals surface area contributed by atoms with E-state index in [9.17, 15) is 10.1 Å². The second-order valence-electron chi connectivity index (χ2n) is 6.85. The van der Waals surface area contributed by atoms with Gasteiger partial charge in [0.1, 0.15) is 16.8 Å². The van der Waals surface area contributed by atoms with Crippen LogP contribution in [0.15, 0.2) is 59.6 Å². The monoisotopic (exact) mass is 417 g/mol. The summed E-state index contributed by atoms with van der Waals surface area (Å²) in [7, 11) is 1.63. The third-order valence-electron chi connectivity index (χ3n) is 4.59. The van der Waals surface area contributed by atoms with Crippen LogP contribution in [-0.2, 0) is 4.79 Å². The number of aromatic nitrogens is 1. The standard InChI is InChI=1S/C24H23N3O2S/c1-16-4-10-21(17(2)14-16)26-23(28)12-13-30-24-19(15-25)7-11-22(27-24)18-5-8-20(29-3)9-6-18/h4-11,14H,12-13H2,1-3H3,(H,26,28). The number of aryl methyl sites for hydroxylation is 2. The summed E-state index contributed by atoms with van der Waals surface area (Å²) >= 11 is 1.41. The number of carbonyl (C=O) groups excluding carboxylic acids is 1. The van der Waals surface area contributed by atoms with E-state index < -0.39 is 0 Å². The molecule has 1 aromatic heterocycles. The van der Waals surface area contributed by atoms with E-state index in [1.54, 1.807) is 13.2 Å². The predicted molar refractivity (Wildman–Crippen MR) is 121 cm³/mol. The molecule has 1 heterocycles. The first-order valence-corrected chi connectivity index (χ1v) is 10.5. The summed E-state index contributed by atoms with van der Waals surface area (Å²) in [6.07, 6.45) is 0.331. The number of rotatable bonds is 7. The number of methoxy groups -OCH3 is 1. The zero-order valence-electron chi connectivity index (χ0n) is 17.2. The van der Waals surface area contributed by atoms with Crippen molar-refractivity contribution in [3.05, 3.63) is 71.3 Å². The molecule has 0 spiro atoms. The fourth-order valence-electron chi connectivity index (χ4n) is 2.97. The molecule has 6 heteroatoms. The average Bonchev–Trinajstić information content (AvgIpc) is 2.75. The Balaban J connectivity index is 1.65. The van der Waals surface area contributed by atoms with Gasteiger partial charge in [-0.15, -0.1) is 11.8 Å². The maximum Gasteiger partial charge on any atom is 0.225 e. The number of benzene rings is 2. The lowest BCUT2D eigenvalue weighted by Crippen LogP contribution is -2.13. The lowest BCUT2D eigenvalue weighted by atomic mass is 10.1. The van der Waals surface area contributed by atoms with Crippen LogP contribution in [0.2, 0.25) is 0 Å². The summed E-state index contributed by atoms with van der Waals surface area (Å²) in [6, 6.07) is 19.3. The van der Waals surface area contributed by atoms with Crippen molar-refractivity contribution in [1.82, 2.24) is 4.98 Å². The molecule has 30 heavy (non-hydrogen) atoms. The van der Waals surface area contributed by atoms with Gasteiger partial charge in [0.05, 0.1) is 18.4 Å². The third kappa shape index (κ3) is 5.40. The number of hydrogen-bond donors (Lipinski definition) is 1. The molecular formula is C24H23N3O2S. The highest BCUT2D eigenvalue weighted by Gasteiger charge is 2.10. The van der Waals surface area contributed by atoms with Crippen molar-refractivity contribution in [2.75, 3.05) is 18.2 Å². The molecule has 0 saturated heterocycles. The lowest BCUT2D eigenvalue weighted by molar-refractivity contribution is -0.115. The summed E-state index contributed by atoms with van der Waals surface area (Å²) in [6.45, 7) is 4.00. The Hall–Kier alpha value is -3.30. The van der Waals surface area contributed by atoms with Crippen molar-refractivity contribution in [1.29, 1.82) is 5.26 Å². The summed E-state index contributed by atoms with van der Waals surface area (Å²) in [5.41, 5.74) is 5.25. The van der Waals surface area contributed by atoms with Gasteiger partial charge in [0, 0.05) is 23.4 Å². The van der Waals surface area contributed by atoms with E-state index in [2.05, 4.69) is 16.4 Å². The first-order valence-electron chi connectivity index (χ1n) is 9.55. The van der Waals surface area contributed by atoms with E-state index in [1.807, 2.05) is 62.4 Å². The van der Waals surface area contributed by atoms with Crippen molar-refractivity contribution in [2.24, 2.45) is 0 Å². The number of hydrogen-bond acceptors (Lipinski definition) is 5. The minimum absolute atomic E-state index is 0.0562. The van der Waals surface area contributed by atoms with Gasteiger partial charge in [-0.1, -0.05) is 17.7 Å². The Morgan fingerprint density at radius 3 is 2.57 bits per heavy atom. The van der Waals surface area contributed by atoms with E-state index in [4.69, 9.17) is 4.74 Å². The van der Waals surface area contributed by atoms with Crippen LogP contribution in [0.4, 0.5) is 5.69 Å². The fourth-order valence-corrected chi connectivity index (χ4v) is 3.88. The zero-order chi connectivity index (χ0) is 21.5. The maximum absolute atomic E-state index is 12.3. The number of nitrogens with one attached hydrogen (secondary N) is 1. The lowest BCUT2D eigenvalue weighted by Gasteiger charge is -2.10. The van der Waals surface area contributed by atoms with E-state index in [1.165, 1.54) is 11.8 Å². The largest absolute Gasteiger partial charge is 0.497 e. The highest BCUT2D eigenvalue weighted by molar-refractivity contribution is 7.99. The van der Waals surface area contributed by atoms with Gasteiger partial charge in [-0.25, -0.2) is 4.98 Å². The van der Waals surface area contributed by atoms with Gasteiger partial charge < -0.3 is 10.1 Å². The molecule has 0 unspecified atom stereocenters. The Kier molecular flexibility index (Phi) is 7.10. The molecule has 1 amide bonds. The Bertz CT molecular complexity index is 1090. The summed E-state index contributed by atoms with van der Waals surface area (Å²) in [5, 5.41) is 13.0. The van der Waals surface area contributed by atoms with Crippen molar-refractivity contribution in [2.45, 2.75) is 25.3 Å². The summed E-state index contributed by atoms with van der Waals surface area (Å²) in [5.74, 6) is 1.25. The van der Waals surface area contributed by atoms with Gasteiger partial charge in [-0.05, 0) is 61.9 Å². The number of carbonyl (C=O) groups is 1. The van der Waals surface area contributed by atoms with E-state index in [0.29, 0.717) is 22.8 Å². The normalized spacial score (nSPS) is 10.3. The van der Waals surface area contributed by atoms with E-state index in [-0.39, 0.29) is 5.91 Å². The topological polar surface area (TPSA) is 75.0 Å². The molecular weight excluding hydrogens is 394 g/mol. The molecule has 0 radical (unpaired) electrons. The first kappa shape index (κ1) is 21.4. The third-order valence-corrected chi connectivity index (χ3v) is 5.58. The fraction of sp³-hybridized carbons (Fsp3) is 0.208. The van der Waals surface area contributed by atoms with Crippen LogP contribution in [0.5, 0.6) is 5.75 Å². The number of nitrogens with zero attached hydrogens (tertiary/aromatic N) is 2. The SMILES string of the molecule is COc1ccc(-c2ccc(C#N)c(SCCC(=O)Nc3ccc(C)cc3C)n2)cc1. The number of pyridine rings is 1. The number of thioether (sulfide) groups is 1. The Morgan fingerprint density at radius 1 is 1.13 bits per heavy atom. The van der Waals surface area contributed by atoms with Gasteiger partial charge in [-0.3, -0.25) is 4.79 Å². The van der Waals surface area contributed by atoms with Gasteiger partial charge in [-0.2, -0.15) is 5.26 Å². The van der Waals surface area contributed by atoms with Gasteiger partial charge >= 0.3 is 0 Å². The number of amides is 1. The second-order valence-corrected chi connectivity index (χ2v) is 7.94. The van der Waals surface area contributed by atoms with Crippen molar-refractivity contribution in [3.8, 4) is 23.1 Å². The number of anilines is 1. The minimum Gasteiger partial charge on any atom is -0.497 e. The zero-order valence-corrected chi connectivity index (χ0v) is 18.0. The van der Waals surface area contributed by atoms with Crippen molar-refractivity contribution in [3.63, 3.8) is 0 Å². The van der Waals surface area contributed by atoms with E-state index in [0.717, 1.165) is 33.8 Å². The van der Waals surface area contributed by atoms with E-state index >= 15 is 0 Å². The molecule has 0 aliphatic heterocycles. The summed E-state index contributed by atoms with van der Waals surface area (Å²) < 4.78 is 5.19. The average molecular weight is 418 g/mol. The smallest absolute Gasteiger partial charge is 0.225 e. The van der Waals surface area contributed by atoms with Crippen LogP contribution < -0.4 is 10.1 Å².